The maximum atomic E-state index is 10.8. The average Bonchev–Trinajstić information content (AvgIpc) is 2.16. The Morgan fingerprint density at radius 1 is 1.62 bits per heavy atom. The highest BCUT2D eigenvalue weighted by molar-refractivity contribution is 6.68. The van der Waals surface area contributed by atoms with Gasteiger partial charge in [-0.3, -0.25) is 4.79 Å². The Bertz CT molecular complexity index is 327. The lowest BCUT2D eigenvalue weighted by atomic mass is 10.2. The van der Waals surface area contributed by atoms with Crippen LogP contribution in [0.25, 0.3) is 0 Å². The van der Waals surface area contributed by atoms with Gasteiger partial charge in [-0.2, -0.15) is 0 Å². The second-order valence-corrected chi connectivity index (χ2v) is 2.63. The minimum atomic E-state index is -0.680. The topological polar surface area (TPSA) is 61.4 Å². The van der Waals surface area contributed by atoms with Gasteiger partial charge in [0.2, 0.25) is 0 Å². The number of methoxy groups -OCH3 is 1. The molecule has 0 unspecified atom stereocenters. The summed E-state index contributed by atoms with van der Waals surface area (Å²) in [5.41, 5.74) is 1.86. The zero-order valence-electron chi connectivity index (χ0n) is 6.83. The fraction of sp³-hybridized carbons (Fsp3) is 0.125. The zero-order valence-corrected chi connectivity index (χ0v) is 7.59. The largest absolute Gasteiger partial charge is 0.761 e. The molecule has 13 heavy (non-hydrogen) atoms. The molecule has 0 heterocycles. The first-order chi connectivity index (χ1) is 6.19. The van der Waals surface area contributed by atoms with Crippen molar-refractivity contribution in [2.24, 2.45) is 0 Å². The van der Waals surface area contributed by atoms with Crippen LogP contribution >= 0.6 is 11.6 Å². The van der Waals surface area contributed by atoms with Crippen LogP contribution in [0.2, 0.25) is 0 Å². The van der Waals surface area contributed by atoms with Gasteiger partial charge in [0.05, 0.1) is 12.7 Å². The van der Waals surface area contributed by atoms with Crippen LogP contribution in [-0.4, -0.2) is 12.4 Å². The molecule has 4 nitrogen and oxygen atoms in total. The number of carbonyl (C=O) groups is 1. The van der Waals surface area contributed by atoms with Crippen LogP contribution < -0.4 is 10.2 Å². The lowest BCUT2D eigenvalue weighted by Gasteiger charge is -2.13. The maximum Gasteiger partial charge on any atom is 0.254 e. The highest BCUT2D eigenvalue weighted by Gasteiger charge is 2.07. The smallest absolute Gasteiger partial charge is 0.254 e. The number of hydrogen-bond donors (Lipinski definition) is 1. The van der Waals surface area contributed by atoms with Crippen LogP contribution in [0, 0.1) is 5.21 Å². The lowest BCUT2D eigenvalue weighted by Crippen LogP contribution is -1.97. The molecular weight excluding hydrogens is 194 g/mol. The van der Waals surface area contributed by atoms with E-state index >= 15 is 0 Å². The highest BCUT2D eigenvalue weighted by atomic mass is 35.5. The third-order valence-corrected chi connectivity index (χ3v) is 1.75. The van der Waals surface area contributed by atoms with Gasteiger partial charge in [-0.15, -0.1) is 0 Å². The van der Waals surface area contributed by atoms with Gasteiger partial charge < -0.3 is 15.4 Å². The Balaban J connectivity index is 3.15. The quantitative estimate of drug-likeness (QED) is 0.599. The van der Waals surface area contributed by atoms with E-state index in [1.165, 1.54) is 19.2 Å². The second kappa shape index (κ2) is 4.11. The average molecular weight is 201 g/mol. The van der Waals surface area contributed by atoms with Crippen LogP contribution in [-0.2, 0) is 0 Å². The summed E-state index contributed by atoms with van der Waals surface area (Å²) >= 11 is 5.22. The molecule has 0 saturated heterocycles. The molecular formula is C8H7ClNO3-. The number of carbonyl (C=O) groups excluding carboxylic acids is 1. The number of hydrogen-bond acceptors (Lipinski definition) is 4. The Morgan fingerprint density at radius 3 is 2.77 bits per heavy atom. The summed E-state index contributed by atoms with van der Waals surface area (Å²) in [6.45, 7) is 0. The van der Waals surface area contributed by atoms with Gasteiger partial charge >= 0.3 is 0 Å². The third kappa shape index (κ3) is 2.11. The molecule has 1 aromatic carbocycles. The minimum Gasteiger partial charge on any atom is -0.761 e. The lowest BCUT2D eigenvalue weighted by molar-refractivity contribution is 0.108. The van der Waals surface area contributed by atoms with Crippen molar-refractivity contribution in [3.63, 3.8) is 0 Å². The Kier molecular flexibility index (Phi) is 3.11. The van der Waals surface area contributed by atoms with Gasteiger partial charge in [0.25, 0.3) is 5.24 Å². The second-order valence-electron chi connectivity index (χ2n) is 2.29. The summed E-state index contributed by atoms with van der Waals surface area (Å²) in [6.07, 6.45) is 0. The third-order valence-electron chi connectivity index (χ3n) is 1.55. The molecule has 0 aliphatic rings. The van der Waals surface area contributed by atoms with Crippen LogP contribution in [0.3, 0.4) is 0 Å². The van der Waals surface area contributed by atoms with Crippen LogP contribution in [0.15, 0.2) is 18.2 Å². The summed E-state index contributed by atoms with van der Waals surface area (Å²) in [5.74, 6) is 0.486. The van der Waals surface area contributed by atoms with E-state index in [4.69, 9.17) is 16.3 Å². The van der Waals surface area contributed by atoms with E-state index in [9.17, 15) is 10.0 Å². The number of nitrogens with one attached hydrogen (secondary N) is 1. The van der Waals surface area contributed by atoms with Crippen LogP contribution in [0.4, 0.5) is 5.69 Å². The summed E-state index contributed by atoms with van der Waals surface area (Å²) < 4.78 is 4.86. The summed E-state index contributed by atoms with van der Waals surface area (Å²) in [6, 6.07) is 4.38. The van der Waals surface area contributed by atoms with E-state index in [1.807, 2.05) is 0 Å². The molecule has 0 amide bonds. The van der Waals surface area contributed by atoms with Crippen molar-refractivity contribution in [3.8, 4) is 5.75 Å². The predicted molar refractivity (Wildman–Crippen MR) is 50.2 cm³/mol. The summed E-state index contributed by atoms with van der Waals surface area (Å²) in [4.78, 5) is 10.8. The fourth-order valence-corrected chi connectivity index (χ4v) is 1.07. The maximum absolute atomic E-state index is 10.8. The molecule has 0 spiro atoms. The molecule has 0 aliphatic carbocycles. The predicted octanol–water partition coefficient (Wildman–Crippen LogP) is 1.98. The van der Waals surface area contributed by atoms with Gasteiger partial charge in [0.15, 0.2) is 0 Å². The fourth-order valence-electron chi connectivity index (χ4n) is 0.906. The first-order valence-corrected chi connectivity index (χ1v) is 3.83. The van der Waals surface area contributed by atoms with Crippen molar-refractivity contribution in [1.29, 1.82) is 0 Å². The molecule has 0 saturated carbocycles. The van der Waals surface area contributed by atoms with Gasteiger partial charge in [-0.05, 0) is 23.7 Å². The van der Waals surface area contributed by atoms with E-state index in [0.717, 1.165) is 0 Å². The first kappa shape index (κ1) is 9.83. The molecule has 0 fully saturated rings. The molecule has 0 aromatic heterocycles. The van der Waals surface area contributed by atoms with E-state index in [0.29, 0.717) is 5.75 Å². The Hall–Kier alpha value is -1.26. The van der Waals surface area contributed by atoms with E-state index in [2.05, 4.69) is 0 Å². The zero-order chi connectivity index (χ0) is 9.84. The molecule has 1 aromatic rings. The molecule has 1 rings (SSSR count). The SMILES string of the molecule is COc1ccc(C(=O)Cl)c(N[O-])c1. The summed E-state index contributed by atoms with van der Waals surface area (Å²) in [5, 5.41) is 9.73. The Labute approximate surface area is 80.0 Å². The molecule has 0 atom stereocenters. The van der Waals surface area contributed by atoms with Crippen molar-refractivity contribution >= 4 is 22.5 Å². The van der Waals surface area contributed by atoms with Crippen molar-refractivity contribution in [2.45, 2.75) is 0 Å². The molecule has 70 valence electrons. The van der Waals surface area contributed by atoms with Crippen molar-refractivity contribution in [2.75, 3.05) is 12.6 Å². The van der Waals surface area contributed by atoms with E-state index in [1.54, 1.807) is 11.5 Å². The van der Waals surface area contributed by atoms with Gasteiger partial charge in [-0.25, -0.2) is 0 Å². The van der Waals surface area contributed by atoms with Gasteiger partial charge in [-0.1, -0.05) is 0 Å². The van der Waals surface area contributed by atoms with E-state index in [-0.39, 0.29) is 11.3 Å². The number of ether oxygens (including phenoxy) is 1. The van der Waals surface area contributed by atoms with Crippen molar-refractivity contribution in [3.05, 3.63) is 29.0 Å². The number of anilines is 1. The van der Waals surface area contributed by atoms with Gasteiger partial charge in [0, 0.05) is 11.8 Å². The first-order valence-electron chi connectivity index (χ1n) is 3.45. The molecule has 0 bridgehead atoms. The molecule has 0 aliphatic heterocycles. The molecule has 1 N–H and O–H groups in total. The van der Waals surface area contributed by atoms with Crippen LogP contribution in [0.1, 0.15) is 10.4 Å². The standard InChI is InChI=1S/C8H7ClNO3/c1-13-5-2-3-6(8(9)11)7(4-5)10-12/h2-4,10H,1H3/q-1. The van der Waals surface area contributed by atoms with Gasteiger partial charge in [0.1, 0.15) is 5.75 Å². The van der Waals surface area contributed by atoms with E-state index < -0.39 is 5.24 Å². The monoisotopic (exact) mass is 200 g/mol. The normalized spacial score (nSPS) is 9.46. The molecule has 0 radical (unpaired) electrons. The van der Waals surface area contributed by atoms with Crippen molar-refractivity contribution < 1.29 is 9.53 Å². The summed E-state index contributed by atoms with van der Waals surface area (Å²) in [7, 11) is 1.46. The molecule has 5 heteroatoms. The highest BCUT2D eigenvalue weighted by Crippen LogP contribution is 2.23. The number of rotatable bonds is 3. The van der Waals surface area contributed by atoms with Crippen LogP contribution in [0.5, 0.6) is 5.75 Å². The minimum absolute atomic E-state index is 0.111. The Morgan fingerprint density at radius 2 is 2.31 bits per heavy atom. The van der Waals surface area contributed by atoms with Crippen molar-refractivity contribution in [1.82, 2.24) is 0 Å². The number of halogens is 1. The number of benzene rings is 1.